The predicted octanol–water partition coefficient (Wildman–Crippen LogP) is -0.374. The van der Waals surface area contributed by atoms with Crippen molar-refractivity contribution in [2.45, 2.75) is 6.54 Å². The summed E-state index contributed by atoms with van der Waals surface area (Å²) in [6.45, 7) is 2.74. The number of thiophene rings is 1. The highest BCUT2D eigenvalue weighted by atomic mass is 32.1. The second-order valence-electron chi connectivity index (χ2n) is 4.27. The summed E-state index contributed by atoms with van der Waals surface area (Å²) < 4.78 is 0. The quantitative estimate of drug-likeness (QED) is 0.445. The Bertz CT molecular complexity index is 460. The molecule has 2 amide bonds. The number of nitrogens with zero attached hydrogens (tertiary/aromatic N) is 2. The summed E-state index contributed by atoms with van der Waals surface area (Å²) >= 11 is 1.40. The zero-order chi connectivity index (χ0) is 13.1. The standard InChI is InChI=1S/C11H16N4O2S/c1-14-4-5-15(7-10(14)16)6-8-2-3-9(18-8)11(17)13-12/h2-3H,4-7,12H2,1H3,(H,13,17). The molecule has 1 aromatic rings. The van der Waals surface area contributed by atoms with Gasteiger partial charge in [0.2, 0.25) is 5.91 Å². The number of nitrogens with one attached hydrogen (secondary N) is 1. The van der Waals surface area contributed by atoms with Gasteiger partial charge in [-0.05, 0) is 12.1 Å². The van der Waals surface area contributed by atoms with Crippen molar-refractivity contribution >= 4 is 23.2 Å². The van der Waals surface area contributed by atoms with E-state index in [0.29, 0.717) is 18.0 Å². The van der Waals surface area contributed by atoms with Crippen molar-refractivity contribution in [1.82, 2.24) is 15.2 Å². The highest BCUT2D eigenvalue weighted by Crippen LogP contribution is 2.18. The van der Waals surface area contributed by atoms with Gasteiger partial charge in [-0.25, -0.2) is 5.84 Å². The van der Waals surface area contributed by atoms with Gasteiger partial charge in [-0.3, -0.25) is 19.9 Å². The Morgan fingerprint density at radius 2 is 2.28 bits per heavy atom. The molecule has 7 heteroatoms. The Hall–Kier alpha value is -1.44. The molecule has 0 radical (unpaired) electrons. The molecule has 1 aliphatic rings. The predicted molar refractivity (Wildman–Crippen MR) is 68.9 cm³/mol. The van der Waals surface area contributed by atoms with Gasteiger partial charge in [-0.2, -0.15) is 0 Å². The molecule has 3 N–H and O–H groups in total. The molecule has 0 unspecified atom stereocenters. The van der Waals surface area contributed by atoms with Crippen LogP contribution in [0.25, 0.3) is 0 Å². The van der Waals surface area contributed by atoms with E-state index in [1.165, 1.54) is 11.3 Å². The Balaban J connectivity index is 1.95. The first kappa shape index (κ1) is 13.0. The molecule has 2 heterocycles. The van der Waals surface area contributed by atoms with Gasteiger partial charge < -0.3 is 4.90 Å². The van der Waals surface area contributed by atoms with E-state index in [9.17, 15) is 9.59 Å². The maximum absolute atomic E-state index is 11.6. The van der Waals surface area contributed by atoms with E-state index in [0.717, 1.165) is 18.0 Å². The number of carbonyl (C=O) groups excluding carboxylic acids is 2. The highest BCUT2D eigenvalue weighted by molar-refractivity contribution is 7.14. The molecule has 1 saturated heterocycles. The first-order valence-corrected chi connectivity index (χ1v) is 6.48. The van der Waals surface area contributed by atoms with Gasteiger partial charge in [0.25, 0.3) is 5.91 Å². The number of hydrogen-bond donors (Lipinski definition) is 2. The van der Waals surface area contributed by atoms with Gasteiger partial charge in [0.15, 0.2) is 0 Å². The fraction of sp³-hybridized carbons (Fsp3) is 0.455. The van der Waals surface area contributed by atoms with E-state index in [-0.39, 0.29) is 11.8 Å². The SMILES string of the molecule is CN1CCN(Cc2ccc(C(=O)NN)s2)CC1=O. The number of hydrogen-bond acceptors (Lipinski definition) is 5. The molecule has 1 aliphatic heterocycles. The molecular formula is C11H16N4O2S. The maximum Gasteiger partial charge on any atom is 0.275 e. The fourth-order valence-electron chi connectivity index (χ4n) is 1.82. The second kappa shape index (κ2) is 5.47. The minimum absolute atomic E-state index is 0.137. The third-order valence-electron chi connectivity index (χ3n) is 2.93. The number of hydrazine groups is 1. The third kappa shape index (κ3) is 2.87. The first-order valence-electron chi connectivity index (χ1n) is 5.66. The van der Waals surface area contributed by atoms with Crippen LogP contribution in [0, 0.1) is 0 Å². The smallest absolute Gasteiger partial charge is 0.275 e. The Morgan fingerprint density at radius 1 is 1.50 bits per heavy atom. The van der Waals surface area contributed by atoms with Crippen LogP contribution in [0.15, 0.2) is 12.1 Å². The highest BCUT2D eigenvalue weighted by Gasteiger charge is 2.21. The third-order valence-corrected chi connectivity index (χ3v) is 4.00. The average molecular weight is 268 g/mol. The van der Waals surface area contributed by atoms with Crippen molar-refractivity contribution in [3.8, 4) is 0 Å². The van der Waals surface area contributed by atoms with E-state index in [1.54, 1.807) is 11.0 Å². The van der Waals surface area contributed by atoms with Crippen molar-refractivity contribution in [3.63, 3.8) is 0 Å². The van der Waals surface area contributed by atoms with E-state index in [4.69, 9.17) is 5.84 Å². The number of rotatable bonds is 3. The summed E-state index contributed by atoms with van der Waals surface area (Å²) in [7, 11) is 1.81. The Morgan fingerprint density at radius 3 is 2.94 bits per heavy atom. The van der Waals surface area contributed by atoms with Crippen LogP contribution >= 0.6 is 11.3 Å². The molecule has 0 bridgehead atoms. The zero-order valence-electron chi connectivity index (χ0n) is 10.2. The second-order valence-corrected chi connectivity index (χ2v) is 5.43. The lowest BCUT2D eigenvalue weighted by Gasteiger charge is -2.31. The molecule has 0 saturated carbocycles. The number of nitrogens with two attached hydrogens (primary N) is 1. The molecule has 1 aromatic heterocycles. The molecular weight excluding hydrogens is 252 g/mol. The van der Waals surface area contributed by atoms with Gasteiger partial charge in [0, 0.05) is 31.6 Å². The number of carbonyl (C=O) groups is 2. The van der Waals surface area contributed by atoms with Crippen molar-refractivity contribution in [2.75, 3.05) is 26.7 Å². The van der Waals surface area contributed by atoms with Crippen molar-refractivity contribution in [1.29, 1.82) is 0 Å². The summed E-state index contributed by atoms with van der Waals surface area (Å²) in [6.07, 6.45) is 0. The van der Waals surface area contributed by atoms with E-state index in [2.05, 4.69) is 10.3 Å². The lowest BCUT2D eigenvalue weighted by Crippen LogP contribution is -2.47. The van der Waals surface area contributed by atoms with Gasteiger partial charge in [0.1, 0.15) is 0 Å². The van der Waals surface area contributed by atoms with Gasteiger partial charge >= 0.3 is 0 Å². The van der Waals surface area contributed by atoms with Crippen LogP contribution in [0.3, 0.4) is 0 Å². The topological polar surface area (TPSA) is 78.7 Å². The molecule has 6 nitrogen and oxygen atoms in total. The zero-order valence-corrected chi connectivity index (χ0v) is 11.0. The fourth-order valence-corrected chi connectivity index (χ4v) is 2.77. The molecule has 0 atom stereocenters. The number of amides is 2. The molecule has 1 fully saturated rings. The molecule has 2 rings (SSSR count). The van der Waals surface area contributed by atoms with Crippen molar-refractivity contribution in [2.24, 2.45) is 5.84 Å². The van der Waals surface area contributed by atoms with E-state index >= 15 is 0 Å². The van der Waals surface area contributed by atoms with Gasteiger partial charge in [-0.15, -0.1) is 11.3 Å². The minimum atomic E-state index is -0.277. The molecule has 0 aromatic carbocycles. The lowest BCUT2D eigenvalue weighted by atomic mass is 10.3. The van der Waals surface area contributed by atoms with E-state index < -0.39 is 0 Å². The van der Waals surface area contributed by atoms with Crippen LogP contribution in [0.5, 0.6) is 0 Å². The summed E-state index contributed by atoms with van der Waals surface area (Å²) in [5, 5.41) is 0. The van der Waals surface area contributed by atoms with Crippen molar-refractivity contribution in [3.05, 3.63) is 21.9 Å². The molecule has 0 aliphatic carbocycles. The van der Waals surface area contributed by atoms with Crippen LogP contribution in [0.4, 0.5) is 0 Å². The van der Waals surface area contributed by atoms with E-state index in [1.807, 2.05) is 13.1 Å². The van der Waals surface area contributed by atoms with Crippen LogP contribution in [-0.2, 0) is 11.3 Å². The molecule has 98 valence electrons. The van der Waals surface area contributed by atoms with Gasteiger partial charge in [0.05, 0.1) is 11.4 Å². The summed E-state index contributed by atoms with van der Waals surface area (Å²) in [4.78, 5) is 28.3. The van der Waals surface area contributed by atoms with Crippen LogP contribution < -0.4 is 11.3 Å². The Kier molecular flexibility index (Phi) is 3.95. The normalized spacial score (nSPS) is 17.0. The lowest BCUT2D eigenvalue weighted by molar-refractivity contribution is -0.134. The molecule has 0 spiro atoms. The van der Waals surface area contributed by atoms with Crippen LogP contribution in [0.2, 0.25) is 0 Å². The number of piperazine rings is 1. The van der Waals surface area contributed by atoms with Crippen LogP contribution in [0.1, 0.15) is 14.5 Å². The minimum Gasteiger partial charge on any atom is -0.343 e. The summed E-state index contributed by atoms with van der Waals surface area (Å²) in [6, 6.07) is 3.65. The Labute approximate surface area is 109 Å². The first-order chi connectivity index (χ1) is 8.60. The van der Waals surface area contributed by atoms with Gasteiger partial charge in [-0.1, -0.05) is 0 Å². The monoisotopic (exact) mass is 268 g/mol. The maximum atomic E-state index is 11.6. The summed E-state index contributed by atoms with van der Waals surface area (Å²) in [5.74, 6) is 4.94. The summed E-state index contributed by atoms with van der Waals surface area (Å²) in [5.41, 5.74) is 2.11. The average Bonchev–Trinajstić information content (AvgIpc) is 2.81. The number of nitrogen functional groups attached to an aromatic ring is 1. The largest absolute Gasteiger partial charge is 0.343 e. The van der Waals surface area contributed by atoms with Crippen LogP contribution in [-0.4, -0.2) is 48.3 Å². The number of likely N-dealkylation sites (N-methyl/N-ethyl adjacent to an activating group) is 1. The molecule has 18 heavy (non-hydrogen) atoms. The van der Waals surface area contributed by atoms with Crippen molar-refractivity contribution < 1.29 is 9.59 Å².